The van der Waals surface area contributed by atoms with Crippen LogP contribution in [0.5, 0.6) is 5.75 Å². The second-order valence-corrected chi connectivity index (χ2v) is 3.61. The lowest BCUT2D eigenvalue weighted by molar-refractivity contribution is 0.101. The first-order chi connectivity index (χ1) is 5.95. The number of Topliss-reactive ketones (excluding diaryl/α,β-unsaturated/α-hetero) is 1. The number of ketones is 1. The van der Waals surface area contributed by atoms with Crippen molar-refractivity contribution in [1.29, 1.82) is 0 Å². The molecular formula is C8H5BrClFO2. The van der Waals surface area contributed by atoms with Crippen molar-refractivity contribution in [1.82, 2.24) is 0 Å². The molecule has 0 aliphatic carbocycles. The van der Waals surface area contributed by atoms with Crippen LogP contribution in [0.1, 0.15) is 17.3 Å². The lowest BCUT2D eigenvalue weighted by atomic mass is 10.1. The van der Waals surface area contributed by atoms with E-state index < -0.39 is 11.6 Å². The monoisotopic (exact) mass is 266 g/mol. The van der Waals surface area contributed by atoms with E-state index in [2.05, 4.69) is 15.9 Å². The second-order valence-electron chi connectivity index (χ2n) is 2.44. The van der Waals surface area contributed by atoms with Gasteiger partial charge in [-0.3, -0.25) is 4.79 Å². The summed E-state index contributed by atoms with van der Waals surface area (Å²) in [6.45, 7) is 1.23. The molecule has 0 aliphatic heterocycles. The van der Waals surface area contributed by atoms with Crippen LogP contribution < -0.4 is 0 Å². The normalized spacial score (nSPS) is 10.2. The number of carbonyl (C=O) groups excluding carboxylic acids is 1. The van der Waals surface area contributed by atoms with Crippen LogP contribution in [0.3, 0.4) is 0 Å². The van der Waals surface area contributed by atoms with Crippen molar-refractivity contribution >= 4 is 33.3 Å². The number of halogens is 3. The minimum Gasteiger partial charge on any atom is -0.506 e. The van der Waals surface area contributed by atoms with Gasteiger partial charge in [0.05, 0.1) is 15.1 Å². The summed E-state index contributed by atoms with van der Waals surface area (Å²) < 4.78 is 13.0. The highest BCUT2D eigenvalue weighted by Crippen LogP contribution is 2.36. The minimum absolute atomic E-state index is 0.000586. The maximum absolute atomic E-state index is 13.0. The molecule has 0 atom stereocenters. The average molecular weight is 267 g/mol. The third-order valence-corrected chi connectivity index (χ3v) is 2.89. The van der Waals surface area contributed by atoms with Gasteiger partial charge in [-0.1, -0.05) is 11.6 Å². The SMILES string of the molecule is CC(=O)c1cc(F)c(Cl)c(Br)c1O. The summed E-state index contributed by atoms with van der Waals surface area (Å²) in [7, 11) is 0. The summed E-state index contributed by atoms with van der Waals surface area (Å²) in [5.41, 5.74) is -0.0891. The molecule has 0 saturated heterocycles. The van der Waals surface area contributed by atoms with Gasteiger partial charge in [0.2, 0.25) is 0 Å². The van der Waals surface area contributed by atoms with Gasteiger partial charge in [-0.2, -0.15) is 0 Å². The Hall–Kier alpha value is -0.610. The smallest absolute Gasteiger partial charge is 0.163 e. The fourth-order valence-corrected chi connectivity index (χ4v) is 1.40. The summed E-state index contributed by atoms with van der Waals surface area (Å²) >= 11 is 8.34. The summed E-state index contributed by atoms with van der Waals surface area (Å²) in [5, 5.41) is 9.12. The van der Waals surface area contributed by atoms with Crippen molar-refractivity contribution in [3.8, 4) is 5.75 Å². The molecule has 0 aromatic heterocycles. The Morgan fingerprint density at radius 2 is 2.23 bits per heavy atom. The Labute approximate surface area is 87.5 Å². The van der Waals surface area contributed by atoms with Crippen molar-refractivity contribution in [2.24, 2.45) is 0 Å². The highest BCUT2D eigenvalue weighted by atomic mass is 79.9. The molecule has 0 unspecified atom stereocenters. The standard InChI is InChI=1S/C8H5BrClFO2/c1-3(12)4-2-5(11)7(10)6(9)8(4)13/h2,13H,1H3. The number of benzene rings is 1. The Balaban J connectivity index is 3.50. The van der Waals surface area contributed by atoms with E-state index in [-0.39, 0.29) is 20.8 Å². The molecule has 1 aromatic carbocycles. The molecule has 2 nitrogen and oxygen atoms in total. The Morgan fingerprint density at radius 1 is 1.69 bits per heavy atom. The van der Waals surface area contributed by atoms with Crippen molar-refractivity contribution in [2.45, 2.75) is 6.92 Å². The Kier molecular flexibility index (Phi) is 2.93. The Morgan fingerprint density at radius 3 is 2.69 bits per heavy atom. The zero-order valence-electron chi connectivity index (χ0n) is 6.57. The van der Waals surface area contributed by atoms with Crippen LogP contribution in [0.2, 0.25) is 5.02 Å². The lowest BCUT2D eigenvalue weighted by Gasteiger charge is -2.05. The van der Waals surface area contributed by atoms with Crippen LogP contribution in [0.25, 0.3) is 0 Å². The van der Waals surface area contributed by atoms with E-state index in [1.54, 1.807) is 0 Å². The van der Waals surface area contributed by atoms with Crippen LogP contribution in [-0.2, 0) is 0 Å². The predicted molar refractivity (Wildman–Crippen MR) is 50.8 cm³/mol. The van der Waals surface area contributed by atoms with Crippen LogP contribution >= 0.6 is 27.5 Å². The van der Waals surface area contributed by atoms with Crippen molar-refractivity contribution in [3.63, 3.8) is 0 Å². The average Bonchev–Trinajstić information content (AvgIpc) is 2.07. The summed E-state index contributed by atoms with van der Waals surface area (Å²) in [6.07, 6.45) is 0. The number of hydrogen-bond acceptors (Lipinski definition) is 2. The molecule has 70 valence electrons. The first-order valence-electron chi connectivity index (χ1n) is 3.32. The Bertz CT molecular complexity index is 379. The zero-order chi connectivity index (χ0) is 10.2. The number of carbonyl (C=O) groups is 1. The molecule has 1 N–H and O–H groups in total. The predicted octanol–water partition coefficient (Wildman–Crippen LogP) is 3.15. The molecule has 13 heavy (non-hydrogen) atoms. The van der Waals surface area contributed by atoms with Crippen molar-refractivity contribution < 1.29 is 14.3 Å². The topological polar surface area (TPSA) is 37.3 Å². The molecular weight excluding hydrogens is 262 g/mol. The second kappa shape index (κ2) is 3.64. The van der Waals surface area contributed by atoms with E-state index in [4.69, 9.17) is 11.6 Å². The fourth-order valence-electron chi connectivity index (χ4n) is 0.854. The van der Waals surface area contributed by atoms with E-state index >= 15 is 0 Å². The number of aromatic hydroxyl groups is 1. The van der Waals surface area contributed by atoms with Crippen LogP contribution in [0.15, 0.2) is 10.5 Å². The van der Waals surface area contributed by atoms with Gasteiger partial charge in [-0.25, -0.2) is 4.39 Å². The van der Waals surface area contributed by atoms with Crippen LogP contribution in [0.4, 0.5) is 4.39 Å². The maximum Gasteiger partial charge on any atom is 0.163 e. The van der Waals surface area contributed by atoms with E-state index in [9.17, 15) is 14.3 Å². The van der Waals surface area contributed by atoms with E-state index in [1.165, 1.54) is 6.92 Å². The summed E-state index contributed by atoms with van der Waals surface area (Å²) in [4.78, 5) is 10.9. The molecule has 0 fully saturated rings. The van der Waals surface area contributed by atoms with Gasteiger partial charge in [0.1, 0.15) is 11.6 Å². The van der Waals surface area contributed by atoms with Crippen LogP contribution in [0, 0.1) is 5.82 Å². The zero-order valence-corrected chi connectivity index (χ0v) is 8.91. The molecule has 5 heteroatoms. The van der Waals surface area contributed by atoms with Crippen LogP contribution in [-0.4, -0.2) is 10.9 Å². The van der Waals surface area contributed by atoms with Gasteiger partial charge in [0, 0.05) is 0 Å². The van der Waals surface area contributed by atoms with E-state index in [0.29, 0.717) is 0 Å². The maximum atomic E-state index is 13.0. The van der Waals surface area contributed by atoms with Gasteiger partial charge in [0.15, 0.2) is 5.78 Å². The molecule has 1 aromatic rings. The highest BCUT2D eigenvalue weighted by Gasteiger charge is 2.16. The number of phenols is 1. The first kappa shape index (κ1) is 10.5. The minimum atomic E-state index is -0.739. The molecule has 0 heterocycles. The molecule has 0 amide bonds. The van der Waals surface area contributed by atoms with Crippen molar-refractivity contribution in [2.75, 3.05) is 0 Å². The van der Waals surface area contributed by atoms with Crippen molar-refractivity contribution in [3.05, 3.63) is 26.9 Å². The highest BCUT2D eigenvalue weighted by molar-refractivity contribution is 9.10. The van der Waals surface area contributed by atoms with E-state index in [0.717, 1.165) is 6.07 Å². The van der Waals surface area contributed by atoms with Gasteiger partial charge < -0.3 is 5.11 Å². The van der Waals surface area contributed by atoms with Gasteiger partial charge in [-0.15, -0.1) is 0 Å². The van der Waals surface area contributed by atoms with Gasteiger partial charge >= 0.3 is 0 Å². The molecule has 1 rings (SSSR count). The fraction of sp³-hybridized carbons (Fsp3) is 0.125. The quantitative estimate of drug-likeness (QED) is 0.627. The molecule has 0 bridgehead atoms. The first-order valence-corrected chi connectivity index (χ1v) is 4.49. The molecule has 0 radical (unpaired) electrons. The third kappa shape index (κ3) is 1.84. The third-order valence-electron chi connectivity index (χ3n) is 1.52. The summed E-state index contributed by atoms with van der Waals surface area (Å²) in [5.74, 6) is -1.50. The molecule has 0 spiro atoms. The number of phenolic OH excluding ortho intramolecular Hbond substituents is 1. The largest absolute Gasteiger partial charge is 0.506 e. The van der Waals surface area contributed by atoms with Gasteiger partial charge in [0.25, 0.3) is 0 Å². The molecule has 0 aliphatic rings. The van der Waals surface area contributed by atoms with E-state index in [1.807, 2.05) is 0 Å². The summed E-state index contributed by atoms with van der Waals surface area (Å²) in [6, 6.07) is 0.907. The number of rotatable bonds is 1. The lowest BCUT2D eigenvalue weighted by Crippen LogP contribution is -1.95. The number of hydrogen-bond donors (Lipinski definition) is 1. The van der Waals surface area contributed by atoms with Gasteiger partial charge in [-0.05, 0) is 28.9 Å². The molecule has 0 saturated carbocycles.